The lowest BCUT2D eigenvalue weighted by atomic mass is 9.92. The van der Waals surface area contributed by atoms with E-state index in [1.807, 2.05) is 12.1 Å². The van der Waals surface area contributed by atoms with Crippen molar-refractivity contribution in [3.63, 3.8) is 0 Å². The first kappa shape index (κ1) is 25.0. The lowest BCUT2D eigenvalue weighted by Gasteiger charge is -2.22. The summed E-state index contributed by atoms with van der Waals surface area (Å²) >= 11 is 0. The van der Waals surface area contributed by atoms with Gasteiger partial charge in [0.1, 0.15) is 0 Å². The van der Waals surface area contributed by atoms with Crippen LogP contribution in [0, 0.1) is 0 Å². The number of hydrogen-bond acceptors (Lipinski definition) is 3. The summed E-state index contributed by atoms with van der Waals surface area (Å²) in [6, 6.07) is 27.3. The molecule has 0 radical (unpaired) electrons. The van der Waals surface area contributed by atoms with Crippen LogP contribution >= 0.6 is 0 Å². The average Bonchev–Trinajstić information content (AvgIpc) is 2.94. The number of unbranched alkanes of at least 4 members (excludes halogenated alkanes) is 3. The second kappa shape index (κ2) is 12.5. The zero-order valence-corrected chi connectivity index (χ0v) is 21.6. The number of carbonyl (C=O) groups is 1. The van der Waals surface area contributed by atoms with Crippen molar-refractivity contribution in [2.24, 2.45) is 0 Å². The van der Waals surface area contributed by atoms with Crippen LogP contribution in [0.1, 0.15) is 67.3 Å². The highest BCUT2D eigenvalue weighted by Crippen LogP contribution is 2.35. The zero-order chi connectivity index (χ0) is 25.3. The molecule has 37 heavy (non-hydrogen) atoms. The van der Waals surface area contributed by atoms with Crippen LogP contribution in [0.25, 0.3) is 10.9 Å². The van der Waals surface area contributed by atoms with Gasteiger partial charge >= 0.3 is 0 Å². The van der Waals surface area contributed by atoms with Crippen molar-refractivity contribution < 1.29 is 4.79 Å². The van der Waals surface area contributed by atoms with Gasteiger partial charge in [0.2, 0.25) is 5.91 Å². The molecule has 0 saturated heterocycles. The third-order valence-electron chi connectivity index (χ3n) is 7.32. The average molecular weight is 492 g/mol. The molecule has 0 spiro atoms. The van der Waals surface area contributed by atoms with E-state index in [0.29, 0.717) is 6.42 Å². The van der Waals surface area contributed by atoms with E-state index in [1.54, 1.807) is 0 Å². The fraction of sp³-hybridized carbons (Fsp3) is 0.333. The number of aryl methyl sites for hydroxylation is 2. The number of nitrogens with one attached hydrogen (secondary N) is 2. The standard InChI is InChI=1S/C33H37N3O/c37-32(20-10-2-1-5-13-25-14-6-3-7-15-25)35-27-21-22-31-29(23-27)33(28-18-11-12-19-30(28)36-31)34-24-26-16-8-4-9-17-26/h3-4,6-9,14-17,21-23H,1-2,5,10-13,18-20,24H2,(H,34,36)(H,35,37). The van der Waals surface area contributed by atoms with Crippen LogP contribution in [0.4, 0.5) is 11.4 Å². The van der Waals surface area contributed by atoms with Crippen LogP contribution in [0.5, 0.6) is 0 Å². The van der Waals surface area contributed by atoms with Crippen molar-refractivity contribution in [3.8, 4) is 0 Å². The van der Waals surface area contributed by atoms with E-state index in [-0.39, 0.29) is 5.91 Å². The van der Waals surface area contributed by atoms with E-state index in [0.717, 1.165) is 61.7 Å². The lowest BCUT2D eigenvalue weighted by molar-refractivity contribution is -0.116. The van der Waals surface area contributed by atoms with Gasteiger partial charge in [-0.25, -0.2) is 0 Å². The highest BCUT2D eigenvalue weighted by atomic mass is 16.1. The summed E-state index contributed by atoms with van der Waals surface area (Å²) in [5.74, 6) is 0.0899. The molecule has 4 aromatic rings. The normalized spacial score (nSPS) is 12.8. The minimum absolute atomic E-state index is 0.0899. The van der Waals surface area contributed by atoms with Crippen LogP contribution < -0.4 is 10.6 Å². The van der Waals surface area contributed by atoms with Crippen LogP contribution in [-0.4, -0.2) is 10.9 Å². The van der Waals surface area contributed by atoms with E-state index < -0.39 is 0 Å². The van der Waals surface area contributed by atoms with E-state index >= 15 is 0 Å². The van der Waals surface area contributed by atoms with E-state index in [9.17, 15) is 4.79 Å². The molecule has 2 N–H and O–H groups in total. The maximum atomic E-state index is 12.7. The molecule has 1 aliphatic rings. The van der Waals surface area contributed by atoms with Crippen LogP contribution in [0.3, 0.4) is 0 Å². The Morgan fingerprint density at radius 1 is 0.784 bits per heavy atom. The van der Waals surface area contributed by atoms with E-state index in [2.05, 4.69) is 77.4 Å². The molecule has 1 amide bonds. The summed E-state index contributed by atoms with van der Waals surface area (Å²) in [6.07, 6.45) is 10.5. The number of fused-ring (bicyclic) bond motifs is 2. The number of hydrogen-bond donors (Lipinski definition) is 2. The van der Waals surface area contributed by atoms with Crippen LogP contribution in [-0.2, 0) is 30.6 Å². The molecule has 0 unspecified atom stereocenters. The van der Waals surface area contributed by atoms with E-state index in [1.165, 1.54) is 47.3 Å². The van der Waals surface area contributed by atoms with Gasteiger partial charge in [0.15, 0.2) is 0 Å². The number of benzene rings is 3. The number of aromatic nitrogens is 1. The summed E-state index contributed by atoms with van der Waals surface area (Å²) < 4.78 is 0. The predicted octanol–water partition coefficient (Wildman–Crippen LogP) is 7.86. The van der Waals surface area contributed by atoms with Gasteiger partial charge in [0, 0.05) is 35.4 Å². The molecule has 1 heterocycles. The molecule has 190 valence electrons. The Morgan fingerprint density at radius 3 is 2.32 bits per heavy atom. The summed E-state index contributed by atoms with van der Waals surface area (Å²) in [4.78, 5) is 17.7. The lowest BCUT2D eigenvalue weighted by Crippen LogP contribution is -2.13. The molecule has 0 saturated carbocycles. The first-order valence-corrected chi connectivity index (χ1v) is 13.8. The highest BCUT2D eigenvalue weighted by Gasteiger charge is 2.18. The molecule has 0 atom stereocenters. The first-order valence-electron chi connectivity index (χ1n) is 13.8. The van der Waals surface area contributed by atoms with Crippen LogP contribution in [0.15, 0.2) is 78.9 Å². The Hall–Kier alpha value is -3.66. The van der Waals surface area contributed by atoms with Gasteiger partial charge in [-0.3, -0.25) is 9.78 Å². The topological polar surface area (TPSA) is 54.0 Å². The number of amides is 1. The Labute approximate surface area is 220 Å². The molecule has 5 rings (SSSR count). The first-order chi connectivity index (χ1) is 18.3. The van der Waals surface area contributed by atoms with Crippen molar-refractivity contribution in [1.82, 2.24) is 4.98 Å². The van der Waals surface area contributed by atoms with Gasteiger partial charge in [0.25, 0.3) is 0 Å². The fourth-order valence-electron chi connectivity index (χ4n) is 5.33. The minimum Gasteiger partial charge on any atom is -0.380 e. The minimum atomic E-state index is 0.0899. The Bertz CT molecular complexity index is 1320. The van der Waals surface area contributed by atoms with Crippen molar-refractivity contribution in [1.29, 1.82) is 0 Å². The van der Waals surface area contributed by atoms with Crippen molar-refractivity contribution >= 4 is 28.2 Å². The van der Waals surface area contributed by atoms with Crippen molar-refractivity contribution in [3.05, 3.63) is 101 Å². The number of carbonyl (C=O) groups excluding carboxylic acids is 1. The van der Waals surface area contributed by atoms with E-state index in [4.69, 9.17) is 4.98 Å². The van der Waals surface area contributed by atoms with Gasteiger partial charge in [-0.15, -0.1) is 0 Å². The smallest absolute Gasteiger partial charge is 0.224 e. The zero-order valence-electron chi connectivity index (χ0n) is 21.6. The van der Waals surface area contributed by atoms with Gasteiger partial charge in [0.05, 0.1) is 5.52 Å². The Balaban J connectivity index is 1.21. The summed E-state index contributed by atoms with van der Waals surface area (Å²) in [7, 11) is 0. The monoisotopic (exact) mass is 491 g/mol. The molecular formula is C33H37N3O. The van der Waals surface area contributed by atoms with Gasteiger partial charge in [-0.1, -0.05) is 73.5 Å². The molecule has 0 bridgehead atoms. The second-order valence-corrected chi connectivity index (χ2v) is 10.1. The van der Waals surface area contributed by atoms with Gasteiger partial charge in [-0.2, -0.15) is 0 Å². The molecule has 0 fully saturated rings. The third-order valence-corrected chi connectivity index (χ3v) is 7.32. The maximum absolute atomic E-state index is 12.7. The molecule has 3 aromatic carbocycles. The number of anilines is 2. The quantitative estimate of drug-likeness (QED) is 0.210. The third kappa shape index (κ3) is 6.76. The van der Waals surface area contributed by atoms with Gasteiger partial charge in [-0.05, 0) is 79.8 Å². The predicted molar refractivity (Wildman–Crippen MR) is 154 cm³/mol. The Morgan fingerprint density at radius 2 is 1.51 bits per heavy atom. The van der Waals surface area contributed by atoms with Crippen LogP contribution in [0.2, 0.25) is 0 Å². The number of nitrogens with zero attached hydrogens (tertiary/aromatic N) is 1. The summed E-state index contributed by atoms with van der Waals surface area (Å²) in [5.41, 5.74) is 8.23. The number of pyridine rings is 1. The second-order valence-electron chi connectivity index (χ2n) is 10.1. The molecule has 0 aliphatic heterocycles. The molecular weight excluding hydrogens is 454 g/mol. The largest absolute Gasteiger partial charge is 0.380 e. The van der Waals surface area contributed by atoms with Crippen molar-refractivity contribution in [2.75, 3.05) is 10.6 Å². The highest BCUT2D eigenvalue weighted by molar-refractivity contribution is 5.99. The molecule has 1 aromatic heterocycles. The maximum Gasteiger partial charge on any atom is 0.224 e. The fourth-order valence-corrected chi connectivity index (χ4v) is 5.33. The summed E-state index contributed by atoms with van der Waals surface area (Å²) in [5, 5.41) is 7.96. The van der Waals surface area contributed by atoms with Crippen molar-refractivity contribution in [2.45, 2.75) is 70.8 Å². The number of rotatable bonds is 11. The molecule has 4 nitrogen and oxygen atoms in total. The molecule has 1 aliphatic carbocycles. The molecule has 4 heteroatoms. The summed E-state index contributed by atoms with van der Waals surface area (Å²) in [6.45, 7) is 0.771. The van der Waals surface area contributed by atoms with Gasteiger partial charge < -0.3 is 10.6 Å². The Kier molecular flexibility index (Phi) is 8.47. The SMILES string of the molecule is O=C(CCCCCCc1ccccc1)Nc1ccc2nc3c(c(NCc4ccccc4)c2c1)CCCC3.